The molecule has 1 unspecified atom stereocenters. The Kier molecular flexibility index (Phi) is 4.58. The zero-order valence-corrected chi connectivity index (χ0v) is 12.5. The van der Waals surface area contributed by atoms with Crippen LogP contribution in [0.25, 0.3) is 10.9 Å². The van der Waals surface area contributed by atoms with E-state index in [9.17, 15) is 5.11 Å². The molecule has 106 valence electrons. The van der Waals surface area contributed by atoms with E-state index < -0.39 is 6.10 Å². The second-order valence-corrected chi connectivity index (χ2v) is 6.86. The number of fused-ring (bicyclic) bond motifs is 1. The lowest BCUT2D eigenvalue weighted by Gasteiger charge is -2.22. The molecule has 0 saturated heterocycles. The summed E-state index contributed by atoms with van der Waals surface area (Å²) in [5.74, 6) is 0.778. The minimum absolute atomic E-state index is 0.416. The fraction of sp³-hybridized carbons (Fsp3) is 0.471. The molecule has 1 heterocycles. The third-order valence-electron chi connectivity index (χ3n) is 4.06. The first-order valence-electron chi connectivity index (χ1n) is 7.48. The van der Waals surface area contributed by atoms with Crippen molar-refractivity contribution >= 4 is 22.7 Å². The van der Waals surface area contributed by atoms with Crippen LogP contribution in [-0.2, 0) is 0 Å². The first-order valence-corrected chi connectivity index (χ1v) is 8.53. The summed E-state index contributed by atoms with van der Waals surface area (Å²) in [6, 6.07) is 10.0. The first kappa shape index (κ1) is 13.9. The van der Waals surface area contributed by atoms with Crippen molar-refractivity contribution in [1.29, 1.82) is 0 Å². The predicted molar refractivity (Wildman–Crippen MR) is 86.0 cm³/mol. The van der Waals surface area contributed by atoms with Gasteiger partial charge in [0.2, 0.25) is 0 Å². The minimum Gasteiger partial charge on any atom is -0.387 e. The SMILES string of the molecule is OC(CSC1CCCCC1)c1cccc2cccnc12. The molecule has 20 heavy (non-hydrogen) atoms. The van der Waals surface area contributed by atoms with Gasteiger partial charge in [0.15, 0.2) is 0 Å². The Morgan fingerprint density at radius 2 is 1.95 bits per heavy atom. The van der Waals surface area contributed by atoms with Gasteiger partial charge in [0.1, 0.15) is 0 Å². The van der Waals surface area contributed by atoms with Crippen LogP contribution in [0.2, 0.25) is 0 Å². The molecule has 0 aliphatic heterocycles. The molecule has 1 aromatic heterocycles. The van der Waals surface area contributed by atoms with E-state index in [0.717, 1.165) is 27.5 Å². The van der Waals surface area contributed by atoms with E-state index in [-0.39, 0.29) is 0 Å². The summed E-state index contributed by atoms with van der Waals surface area (Å²) >= 11 is 1.93. The lowest BCUT2D eigenvalue weighted by molar-refractivity contribution is 0.205. The third kappa shape index (κ3) is 3.15. The topological polar surface area (TPSA) is 33.1 Å². The number of hydrogen-bond acceptors (Lipinski definition) is 3. The maximum Gasteiger partial charge on any atom is 0.0901 e. The number of rotatable bonds is 4. The Morgan fingerprint density at radius 3 is 2.80 bits per heavy atom. The summed E-state index contributed by atoms with van der Waals surface area (Å²) < 4.78 is 0. The zero-order valence-electron chi connectivity index (χ0n) is 11.7. The number of benzene rings is 1. The highest BCUT2D eigenvalue weighted by atomic mass is 32.2. The fourth-order valence-corrected chi connectivity index (χ4v) is 4.25. The summed E-state index contributed by atoms with van der Waals surface area (Å²) in [7, 11) is 0. The van der Waals surface area contributed by atoms with Gasteiger partial charge in [-0.2, -0.15) is 11.8 Å². The molecule has 2 aromatic rings. The molecule has 0 amide bonds. The van der Waals surface area contributed by atoms with Crippen LogP contribution in [0.3, 0.4) is 0 Å². The van der Waals surface area contributed by atoms with E-state index in [4.69, 9.17) is 0 Å². The van der Waals surface area contributed by atoms with E-state index in [1.807, 2.05) is 42.1 Å². The maximum atomic E-state index is 10.5. The van der Waals surface area contributed by atoms with Crippen LogP contribution in [-0.4, -0.2) is 21.1 Å². The van der Waals surface area contributed by atoms with E-state index in [1.54, 1.807) is 6.20 Å². The lowest BCUT2D eigenvalue weighted by Crippen LogP contribution is -2.11. The van der Waals surface area contributed by atoms with Gasteiger partial charge in [-0.05, 0) is 18.9 Å². The number of thioether (sulfide) groups is 1. The van der Waals surface area contributed by atoms with E-state index >= 15 is 0 Å². The lowest BCUT2D eigenvalue weighted by atomic mass is 10.0. The van der Waals surface area contributed by atoms with E-state index in [1.165, 1.54) is 32.1 Å². The van der Waals surface area contributed by atoms with Gasteiger partial charge in [-0.25, -0.2) is 0 Å². The smallest absolute Gasteiger partial charge is 0.0901 e. The second-order valence-electron chi connectivity index (χ2n) is 5.53. The zero-order chi connectivity index (χ0) is 13.8. The average Bonchev–Trinajstić information content (AvgIpc) is 2.53. The number of hydrogen-bond donors (Lipinski definition) is 1. The van der Waals surface area contributed by atoms with Crippen molar-refractivity contribution in [1.82, 2.24) is 4.98 Å². The van der Waals surface area contributed by atoms with Crippen molar-refractivity contribution in [3.05, 3.63) is 42.1 Å². The van der Waals surface area contributed by atoms with Gasteiger partial charge in [0.05, 0.1) is 11.6 Å². The van der Waals surface area contributed by atoms with Gasteiger partial charge in [-0.1, -0.05) is 43.5 Å². The molecule has 3 rings (SSSR count). The molecular formula is C17H21NOS. The Balaban J connectivity index is 1.70. The molecule has 0 radical (unpaired) electrons. The van der Waals surface area contributed by atoms with Crippen LogP contribution < -0.4 is 0 Å². The molecule has 1 aliphatic carbocycles. The summed E-state index contributed by atoms with van der Waals surface area (Å²) in [4.78, 5) is 4.43. The number of para-hydroxylation sites is 1. The number of aliphatic hydroxyl groups excluding tert-OH is 1. The third-order valence-corrected chi connectivity index (χ3v) is 5.52. The maximum absolute atomic E-state index is 10.5. The molecule has 1 saturated carbocycles. The van der Waals surface area contributed by atoms with Crippen molar-refractivity contribution < 1.29 is 5.11 Å². The summed E-state index contributed by atoms with van der Waals surface area (Å²) in [6.07, 6.45) is 8.09. The highest BCUT2D eigenvalue weighted by Gasteiger charge is 2.17. The molecule has 1 aliphatic rings. The van der Waals surface area contributed by atoms with Crippen LogP contribution in [0.5, 0.6) is 0 Å². The predicted octanol–water partition coefficient (Wildman–Crippen LogP) is 4.33. The summed E-state index contributed by atoms with van der Waals surface area (Å²) in [5.41, 5.74) is 1.90. The summed E-state index contributed by atoms with van der Waals surface area (Å²) in [6.45, 7) is 0. The summed E-state index contributed by atoms with van der Waals surface area (Å²) in [5, 5.41) is 12.3. The van der Waals surface area contributed by atoms with Crippen LogP contribution >= 0.6 is 11.8 Å². The molecule has 1 N–H and O–H groups in total. The number of aliphatic hydroxyl groups is 1. The molecule has 1 fully saturated rings. The highest BCUT2D eigenvalue weighted by Crippen LogP contribution is 2.32. The molecule has 1 atom stereocenters. The van der Waals surface area contributed by atoms with Crippen molar-refractivity contribution in [2.75, 3.05) is 5.75 Å². The van der Waals surface area contributed by atoms with E-state index in [2.05, 4.69) is 4.98 Å². The van der Waals surface area contributed by atoms with Gasteiger partial charge in [0, 0.05) is 28.1 Å². The molecule has 0 spiro atoms. The molecule has 2 nitrogen and oxygen atoms in total. The first-order chi connectivity index (χ1) is 9.84. The highest BCUT2D eigenvalue weighted by molar-refractivity contribution is 7.99. The van der Waals surface area contributed by atoms with E-state index in [0.29, 0.717) is 0 Å². The van der Waals surface area contributed by atoms with Gasteiger partial charge in [-0.3, -0.25) is 4.98 Å². The van der Waals surface area contributed by atoms with Crippen LogP contribution in [0.4, 0.5) is 0 Å². The molecule has 1 aromatic carbocycles. The van der Waals surface area contributed by atoms with Crippen LogP contribution in [0, 0.1) is 0 Å². The van der Waals surface area contributed by atoms with Crippen LogP contribution in [0.15, 0.2) is 36.5 Å². The largest absolute Gasteiger partial charge is 0.387 e. The van der Waals surface area contributed by atoms with Crippen molar-refractivity contribution in [2.24, 2.45) is 0 Å². The quantitative estimate of drug-likeness (QED) is 0.908. The minimum atomic E-state index is -0.416. The second kappa shape index (κ2) is 6.59. The molecule has 3 heteroatoms. The van der Waals surface area contributed by atoms with Gasteiger partial charge < -0.3 is 5.11 Å². The standard InChI is InChI=1S/C17H21NOS/c19-16(12-20-14-8-2-1-3-9-14)15-10-4-6-13-7-5-11-18-17(13)15/h4-7,10-11,14,16,19H,1-3,8-9,12H2. The Bertz CT molecular complexity index is 560. The Hall–Kier alpha value is -1.06. The van der Waals surface area contributed by atoms with Gasteiger partial charge in [-0.15, -0.1) is 0 Å². The van der Waals surface area contributed by atoms with Crippen molar-refractivity contribution in [3.63, 3.8) is 0 Å². The number of nitrogens with zero attached hydrogens (tertiary/aromatic N) is 1. The van der Waals surface area contributed by atoms with Gasteiger partial charge >= 0.3 is 0 Å². The number of aromatic nitrogens is 1. The van der Waals surface area contributed by atoms with Crippen LogP contribution in [0.1, 0.15) is 43.8 Å². The normalized spacial score (nSPS) is 18.2. The van der Waals surface area contributed by atoms with Gasteiger partial charge in [0.25, 0.3) is 0 Å². The fourth-order valence-electron chi connectivity index (χ4n) is 2.95. The monoisotopic (exact) mass is 287 g/mol. The molecule has 0 bridgehead atoms. The van der Waals surface area contributed by atoms with Crippen molar-refractivity contribution in [2.45, 2.75) is 43.5 Å². The number of pyridine rings is 1. The average molecular weight is 287 g/mol. The Labute approximate surface area is 124 Å². The molecular weight excluding hydrogens is 266 g/mol. The van der Waals surface area contributed by atoms with Crippen molar-refractivity contribution in [3.8, 4) is 0 Å². The Morgan fingerprint density at radius 1 is 1.15 bits per heavy atom.